The zero-order valence-corrected chi connectivity index (χ0v) is 13.0. The molecule has 0 amide bonds. The van der Waals surface area contributed by atoms with Gasteiger partial charge in [-0.1, -0.05) is 18.2 Å². The Hall–Kier alpha value is -2.78. The van der Waals surface area contributed by atoms with Gasteiger partial charge in [-0.2, -0.15) is 26.3 Å². The summed E-state index contributed by atoms with van der Waals surface area (Å²) in [6.07, 6.45) is -12.4. The molecule has 2 rings (SSSR count). The Labute approximate surface area is 142 Å². The molecule has 1 atom stereocenters. The van der Waals surface area contributed by atoms with Gasteiger partial charge in [0, 0.05) is 17.3 Å². The number of hydrogen-bond donors (Lipinski definition) is 1. The number of hydrogen-bond acceptors (Lipinski definition) is 3. The number of Topliss-reactive ketones (excluding diaryl/α,β-unsaturated/α-hetero) is 1. The van der Waals surface area contributed by atoms with Crippen LogP contribution in [0.1, 0.15) is 45.0 Å². The van der Waals surface area contributed by atoms with Crippen LogP contribution in [0.15, 0.2) is 36.5 Å². The summed E-state index contributed by atoms with van der Waals surface area (Å²) in [4.78, 5) is 25.3. The van der Waals surface area contributed by atoms with E-state index in [0.717, 1.165) is 31.3 Å². The van der Waals surface area contributed by atoms with E-state index in [1.54, 1.807) is 0 Å². The van der Waals surface area contributed by atoms with Crippen LogP contribution in [-0.4, -0.2) is 22.9 Å². The molecule has 26 heavy (non-hydrogen) atoms. The highest BCUT2D eigenvalue weighted by molar-refractivity contribution is 5.97. The van der Waals surface area contributed by atoms with Crippen LogP contribution in [0.2, 0.25) is 0 Å². The average molecular weight is 379 g/mol. The number of esters is 1. The van der Waals surface area contributed by atoms with Gasteiger partial charge in [0.1, 0.15) is 5.69 Å². The molecule has 0 saturated carbocycles. The third kappa shape index (κ3) is 4.24. The topological polar surface area (TPSA) is 59.2 Å². The molecule has 0 spiro atoms. The largest absolute Gasteiger partial charge is 0.443 e. The fourth-order valence-corrected chi connectivity index (χ4v) is 2.18. The molecule has 4 nitrogen and oxygen atoms in total. The summed E-state index contributed by atoms with van der Waals surface area (Å²) in [5.74, 6) is -2.01. The number of carbonyl (C=O) groups is 2. The highest BCUT2D eigenvalue weighted by atomic mass is 19.4. The molecule has 0 bridgehead atoms. The highest BCUT2D eigenvalue weighted by Crippen LogP contribution is 2.42. The van der Waals surface area contributed by atoms with E-state index in [0.29, 0.717) is 12.1 Å². The summed E-state index contributed by atoms with van der Waals surface area (Å²) < 4.78 is 83.1. The molecule has 140 valence electrons. The van der Waals surface area contributed by atoms with E-state index in [1.165, 1.54) is 0 Å². The first-order chi connectivity index (χ1) is 11.9. The number of halogens is 6. The zero-order valence-electron chi connectivity index (χ0n) is 13.0. The van der Waals surface area contributed by atoms with Gasteiger partial charge in [-0.15, -0.1) is 0 Å². The van der Waals surface area contributed by atoms with Crippen molar-refractivity contribution < 1.29 is 40.7 Å². The van der Waals surface area contributed by atoms with Crippen molar-refractivity contribution in [2.45, 2.75) is 25.4 Å². The Bertz CT molecular complexity index is 822. The van der Waals surface area contributed by atoms with Crippen molar-refractivity contribution in [3.8, 4) is 0 Å². The third-order valence-electron chi connectivity index (χ3n) is 3.38. The van der Waals surface area contributed by atoms with Gasteiger partial charge in [0.25, 0.3) is 0 Å². The van der Waals surface area contributed by atoms with Crippen molar-refractivity contribution in [1.29, 1.82) is 0 Å². The van der Waals surface area contributed by atoms with E-state index >= 15 is 0 Å². The number of aromatic nitrogens is 1. The fraction of sp³-hybridized carbons (Fsp3) is 0.250. The van der Waals surface area contributed by atoms with Crippen LogP contribution in [0.3, 0.4) is 0 Å². The van der Waals surface area contributed by atoms with Gasteiger partial charge < -0.3 is 9.72 Å². The smallest absolute Gasteiger partial charge is 0.429 e. The maximum atomic E-state index is 13.3. The number of ether oxygens (including phenoxy) is 1. The van der Waals surface area contributed by atoms with Crippen LogP contribution in [0, 0.1) is 0 Å². The van der Waals surface area contributed by atoms with Crippen LogP contribution < -0.4 is 0 Å². The number of H-pyrrole nitrogens is 1. The summed E-state index contributed by atoms with van der Waals surface area (Å²) in [6.45, 7) is 1.16. The SMILES string of the molecule is CC(=O)c1c[nH]c(C(=O)O[C@H](c2ccccc2C(F)(F)F)C(F)(F)F)c1. The Kier molecular flexibility index (Phi) is 5.15. The molecule has 1 heterocycles. The lowest BCUT2D eigenvalue weighted by atomic mass is 10.0. The predicted molar refractivity (Wildman–Crippen MR) is 76.5 cm³/mol. The summed E-state index contributed by atoms with van der Waals surface area (Å²) in [5, 5.41) is 0. The lowest BCUT2D eigenvalue weighted by Gasteiger charge is -2.23. The Morgan fingerprint density at radius 3 is 2.19 bits per heavy atom. The molecule has 1 N–H and O–H groups in total. The van der Waals surface area contributed by atoms with Crippen LogP contribution in [-0.2, 0) is 10.9 Å². The Morgan fingerprint density at radius 1 is 1.08 bits per heavy atom. The van der Waals surface area contributed by atoms with Gasteiger partial charge in [-0.3, -0.25) is 4.79 Å². The lowest BCUT2D eigenvalue weighted by molar-refractivity contribution is -0.210. The Morgan fingerprint density at radius 2 is 1.69 bits per heavy atom. The van der Waals surface area contributed by atoms with Crippen molar-refractivity contribution in [3.05, 3.63) is 58.9 Å². The summed E-state index contributed by atoms with van der Waals surface area (Å²) in [7, 11) is 0. The maximum absolute atomic E-state index is 13.3. The molecule has 2 aromatic rings. The standard InChI is InChI=1S/C16H11F6NO3/c1-8(24)9-6-12(23-7-9)14(25)26-13(16(20,21)22)10-4-2-3-5-11(10)15(17,18)19/h2-7,13,23H,1H3/t13-/m1/s1. The summed E-state index contributed by atoms with van der Waals surface area (Å²) in [5.41, 5.74) is -3.28. The maximum Gasteiger partial charge on any atom is 0.429 e. The molecule has 0 fully saturated rings. The zero-order chi connectivity index (χ0) is 19.7. The molecule has 0 aliphatic rings. The molecule has 0 radical (unpaired) electrons. The van der Waals surface area contributed by atoms with Crippen LogP contribution in [0.25, 0.3) is 0 Å². The number of aromatic amines is 1. The van der Waals surface area contributed by atoms with Gasteiger partial charge in [0.2, 0.25) is 6.10 Å². The fourth-order valence-electron chi connectivity index (χ4n) is 2.18. The molecule has 1 aromatic heterocycles. The first-order valence-electron chi connectivity index (χ1n) is 7.04. The van der Waals surface area contributed by atoms with Crippen LogP contribution in [0.5, 0.6) is 0 Å². The number of ketones is 1. The minimum atomic E-state index is -5.28. The monoisotopic (exact) mass is 379 g/mol. The number of alkyl halides is 6. The number of nitrogens with one attached hydrogen (secondary N) is 1. The minimum absolute atomic E-state index is 0.0104. The van der Waals surface area contributed by atoms with E-state index in [-0.39, 0.29) is 5.56 Å². The third-order valence-corrected chi connectivity index (χ3v) is 3.38. The normalized spacial score (nSPS) is 13.3. The first-order valence-corrected chi connectivity index (χ1v) is 7.04. The van der Waals surface area contributed by atoms with Crippen LogP contribution in [0.4, 0.5) is 26.3 Å². The Balaban J connectivity index is 2.41. The van der Waals surface area contributed by atoms with E-state index in [1.807, 2.05) is 0 Å². The first kappa shape index (κ1) is 19.5. The second-order valence-electron chi connectivity index (χ2n) is 5.27. The number of carbonyl (C=O) groups excluding carboxylic acids is 2. The van der Waals surface area contributed by atoms with Gasteiger partial charge in [0.15, 0.2) is 5.78 Å². The molecule has 0 aliphatic carbocycles. The second-order valence-corrected chi connectivity index (χ2v) is 5.27. The van der Waals surface area contributed by atoms with E-state index in [4.69, 9.17) is 0 Å². The molecule has 10 heteroatoms. The van der Waals surface area contributed by atoms with Gasteiger partial charge >= 0.3 is 18.3 Å². The summed E-state index contributed by atoms with van der Waals surface area (Å²) in [6, 6.07) is 3.90. The van der Waals surface area contributed by atoms with Crippen molar-refractivity contribution in [2.75, 3.05) is 0 Å². The van der Waals surface area contributed by atoms with E-state index in [9.17, 15) is 35.9 Å². The van der Waals surface area contributed by atoms with Gasteiger partial charge in [-0.05, 0) is 19.1 Å². The quantitative estimate of drug-likeness (QED) is 0.476. The second kappa shape index (κ2) is 6.85. The van der Waals surface area contributed by atoms with E-state index in [2.05, 4.69) is 9.72 Å². The predicted octanol–water partition coefficient (Wildman–Crippen LogP) is 4.70. The molecule has 0 unspecified atom stereocenters. The van der Waals surface area contributed by atoms with Crippen molar-refractivity contribution in [1.82, 2.24) is 4.98 Å². The molecule has 0 aliphatic heterocycles. The molecule has 0 saturated heterocycles. The van der Waals surface area contributed by atoms with Gasteiger partial charge in [-0.25, -0.2) is 4.79 Å². The molecule has 1 aromatic carbocycles. The minimum Gasteiger partial charge on any atom is -0.443 e. The molecular weight excluding hydrogens is 368 g/mol. The highest BCUT2D eigenvalue weighted by Gasteiger charge is 2.48. The van der Waals surface area contributed by atoms with Crippen LogP contribution >= 0.6 is 0 Å². The van der Waals surface area contributed by atoms with E-state index < -0.39 is 47.0 Å². The average Bonchev–Trinajstić information content (AvgIpc) is 3.00. The molecular formula is C16H11F6NO3. The number of rotatable bonds is 4. The van der Waals surface area contributed by atoms with Crippen molar-refractivity contribution in [2.24, 2.45) is 0 Å². The van der Waals surface area contributed by atoms with Crippen molar-refractivity contribution in [3.63, 3.8) is 0 Å². The lowest BCUT2D eigenvalue weighted by Crippen LogP contribution is -2.28. The summed E-state index contributed by atoms with van der Waals surface area (Å²) >= 11 is 0. The van der Waals surface area contributed by atoms with Crippen molar-refractivity contribution >= 4 is 11.8 Å². The number of benzene rings is 1. The van der Waals surface area contributed by atoms with Gasteiger partial charge in [0.05, 0.1) is 5.56 Å².